The van der Waals surface area contributed by atoms with Crippen LogP contribution in [0.3, 0.4) is 0 Å². The van der Waals surface area contributed by atoms with Crippen LogP contribution in [0.4, 0.5) is 4.39 Å². The Morgan fingerprint density at radius 3 is 2.30 bits per heavy atom. The summed E-state index contributed by atoms with van der Waals surface area (Å²) in [6, 6.07) is 12.5. The lowest BCUT2D eigenvalue weighted by molar-refractivity contribution is 0.0950. The number of carbonyl (C=O) groups excluding carboxylic acids is 1. The Labute approximate surface area is 178 Å². The Kier molecular flexibility index (Phi) is 6.55. The zero-order chi connectivity index (χ0) is 21.9. The SMILES string of the molecule is CNS(=O)(=O)Cc1ccc(CNC(=O)c2c(C)nn(-c3ccc(F)cc3)c2Cl)cc1. The molecule has 1 aromatic heterocycles. The van der Waals surface area contributed by atoms with Crippen molar-refractivity contribution in [3.8, 4) is 5.69 Å². The van der Waals surface area contributed by atoms with Gasteiger partial charge < -0.3 is 5.32 Å². The van der Waals surface area contributed by atoms with E-state index in [0.29, 0.717) is 16.9 Å². The minimum absolute atomic E-state index is 0.118. The van der Waals surface area contributed by atoms with Crippen LogP contribution >= 0.6 is 11.6 Å². The van der Waals surface area contributed by atoms with E-state index in [0.717, 1.165) is 5.56 Å². The molecule has 0 bridgehead atoms. The molecule has 10 heteroatoms. The Balaban J connectivity index is 1.70. The molecule has 2 N–H and O–H groups in total. The Hall–Kier alpha value is -2.75. The third kappa shape index (κ3) is 5.05. The van der Waals surface area contributed by atoms with E-state index < -0.39 is 15.9 Å². The second kappa shape index (κ2) is 8.95. The Morgan fingerprint density at radius 2 is 1.70 bits per heavy atom. The molecule has 2 aromatic carbocycles. The number of rotatable bonds is 7. The number of sulfonamides is 1. The van der Waals surface area contributed by atoms with E-state index >= 15 is 0 Å². The highest BCUT2D eigenvalue weighted by Crippen LogP contribution is 2.23. The number of benzene rings is 2. The molecule has 0 saturated heterocycles. The molecular formula is C20H20ClFN4O3S. The highest BCUT2D eigenvalue weighted by atomic mass is 35.5. The zero-order valence-electron chi connectivity index (χ0n) is 16.3. The normalized spacial score (nSPS) is 11.5. The molecule has 1 heterocycles. The lowest BCUT2D eigenvalue weighted by atomic mass is 10.1. The number of hydrogen-bond acceptors (Lipinski definition) is 4. The number of nitrogens with one attached hydrogen (secondary N) is 2. The number of aryl methyl sites for hydroxylation is 1. The van der Waals surface area contributed by atoms with Crippen LogP contribution in [0.25, 0.3) is 5.69 Å². The number of amides is 1. The molecule has 7 nitrogen and oxygen atoms in total. The predicted molar refractivity (Wildman–Crippen MR) is 113 cm³/mol. The van der Waals surface area contributed by atoms with E-state index in [4.69, 9.17) is 11.6 Å². The second-order valence-electron chi connectivity index (χ2n) is 6.60. The summed E-state index contributed by atoms with van der Waals surface area (Å²) in [6.45, 7) is 1.90. The van der Waals surface area contributed by atoms with Crippen LogP contribution in [-0.2, 0) is 22.3 Å². The third-order valence-electron chi connectivity index (χ3n) is 4.45. The van der Waals surface area contributed by atoms with Gasteiger partial charge in [0.05, 0.1) is 22.7 Å². The molecule has 0 aliphatic carbocycles. The van der Waals surface area contributed by atoms with E-state index in [9.17, 15) is 17.6 Å². The summed E-state index contributed by atoms with van der Waals surface area (Å²) in [6.07, 6.45) is 0. The quantitative estimate of drug-likeness (QED) is 0.578. The largest absolute Gasteiger partial charge is 0.348 e. The predicted octanol–water partition coefficient (Wildman–Crippen LogP) is 2.95. The topological polar surface area (TPSA) is 93.1 Å². The molecule has 0 saturated carbocycles. The lowest BCUT2D eigenvalue weighted by Crippen LogP contribution is -2.23. The summed E-state index contributed by atoms with van der Waals surface area (Å²) in [5.74, 6) is -0.896. The van der Waals surface area contributed by atoms with Crippen molar-refractivity contribution in [2.24, 2.45) is 0 Å². The van der Waals surface area contributed by atoms with Gasteiger partial charge in [0.15, 0.2) is 0 Å². The van der Waals surface area contributed by atoms with Crippen LogP contribution in [0.1, 0.15) is 27.2 Å². The van der Waals surface area contributed by atoms with Gasteiger partial charge in [-0.25, -0.2) is 22.2 Å². The van der Waals surface area contributed by atoms with Gasteiger partial charge in [0, 0.05) is 6.54 Å². The monoisotopic (exact) mass is 450 g/mol. The molecule has 1 amide bonds. The molecule has 0 fully saturated rings. The molecule has 0 radical (unpaired) electrons. The number of hydrogen-bond donors (Lipinski definition) is 2. The van der Waals surface area contributed by atoms with Gasteiger partial charge in [0.2, 0.25) is 10.0 Å². The van der Waals surface area contributed by atoms with Crippen LogP contribution in [0, 0.1) is 12.7 Å². The summed E-state index contributed by atoms with van der Waals surface area (Å²) in [7, 11) is -1.98. The van der Waals surface area contributed by atoms with Crippen LogP contribution in [0.2, 0.25) is 5.15 Å². The smallest absolute Gasteiger partial charge is 0.256 e. The maximum absolute atomic E-state index is 13.1. The number of aromatic nitrogens is 2. The molecule has 3 rings (SSSR count). The average Bonchev–Trinajstić information content (AvgIpc) is 3.01. The molecule has 30 heavy (non-hydrogen) atoms. The van der Waals surface area contributed by atoms with Crippen LogP contribution in [0.15, 0.2) is 48.5 Å². The van der Waals surface area contributed by atoms with Gasteiger partial charge in [-0.05, 0) is 49.4 Å². The average molecular weight is 451 g/mol. The first-order chi connectivity index (χ1) is 14.2. The van der Waals surface area contributed by atoms with E-state index in [1.807, 2.05) is 0 Å². The lowest BCUT2D eigenvalue weighted by Gasteiger charge is -2.07. The highest BCUT2D eigenvalue weighted by molar-refractivity contribution is 7.88. The minimum Gasteiger partial charge on any atom is -0.348 e. The first-order valence-electron chi connectivity index (χ1n) is 8.98. The van der Waals surface area contributed by atoms with Crippen molar-refractivity contribution in [2.45, 2.75) is 19.2 Å². The van der Waals surface area contributed by atoms with Gasteiger partial charge in [0.1, 0.15) is 11.0 Å². The minimum atomic E-state index is -3.34. The summed E-state index contributed by atoms with van der Waals surface area (Å²) in [4.78, 5) is 12.7. The highest BCUT2D eigenvalue weighted by Gasteiger charge is 2.21. The first kappa shape index (κ1) is 21.9. The number of nitrogens with zero attached hydrogens (tertiary/aromatic N) is 2. The first-order valence-corrected chi connectivity index (χ1v) is 11.0. The maximum Gasteiger partial charge on any atom is 0.256 e. The van der Waals surface area contributed by atoms with Crippen molar-refractivity contribution in [1.29, 1.82) is 0 Å². The maximum atomic E-state index is 13.1. The van der Waals surface area contributed by atoms with E-state index in [2.05, 4.69) is 15.1 Å². The van der Waals surface area contributed by atoms with Crippen LogP contribution in [-0.4, -0.2) is 31.2 Å². The molecule has 0 atom stereocenters. The second-order valence-corrected chi connectivity index (χ2v) is 8.89. The fraction of sp³-hybridized carbons (Fsp3) is 0.200. The standard InChI is InChI=1S/C20H20ClFN4O3S/c1-13-18(19(21)26(25-13)17-9-7-16(22)8-10-17)20(27)24-11-14-3-5-15(6-4-14)12-30(28,29)23-2/h3-10,23H,11-12H2,1-2H3,(H,24,27). The number of carbonyl (C=O) groups is 1. The fourth-order valence-corrected chi connectivity index (χ4v) is 3.96. The molecule has 0 aliphatic rings. The van der Waals surface area contributed by atoms with Gasteiger partial charge in [-0.2, -0.15) is 5.10 Å². The summed E-state index contributed by atoms with van der Waals surface area (Å²) < 4.78 is 40.0. The third-order valence-corrected chi connectivity index (χ3v) is 6.13. The molecule has 0 aliphatic heterocycles. The van der Waals surface area contributed by atoms with E-state index in [1.165, 1.54) is 36.0 Å². The summed E-state index contributed by atoms with van der Waals surface area (Å²) >= 11 is 6.36. The van der Waals surface area contributed by atoms with Crippen molar-refractivity contribution >= 4 is 27.5 Å². The van der Waals surface area contributed by atoms with Gasteiger partial charge in [-0.15, -0.1) is 0 Å². The van der Waals surface area contributed by atoms with Crippen molar-refractivity contribution in [1.82, 2.24) is 19.8 Å². The van der Waals surface area contributed by atoms with Crippen LogP contribution < -0.4 is 10.0 Å². The van der Waals surface area contributed by atoms with Crippen molar-refractivity contribution < 1.29 is 17.6 Å². The van der Waals surface area contributed by atoms with Crippen molar-refractivity contribution in [3.05, 3.63) is 81.9 Å². The van der Waals surface area contributed by atoms with Crippen molar-refractivity contribution in [3.63, 3.8) is 0 Å². The Bertz CT molecular complexity index is 1160. The van der Waals surface area contributed by atoms with Gasteiger partial charge in [-0.3, -0.25) is 4.79 Å². The molecule has 158 valence electrons. The van der Waals surface area contributed by atoms with Gasteiger partial charge >= 0.3 is 0 Å². The summed E-state index contributed by atoms with van der Waals surface area (Å²) in [5, 5.41) is 7.19. The van der Waals surface area contributed by atoms with Crippen molar-refractivity contribution in [2.75, 3.05) is 7.05 Å². The van der Waals surface area contributed by atoms with Gasteiger partial charge in [0.25, 0.3) is 5.91 Å². The molecular weight excluding hydrogens is 431 g/mol. The Morgan fingerprint density at radius 1 is 1.10 bits per heavy atom. The number of halogens is 2. The van der Waals surface area contributed by atoms with Gasteiger partial charge in [-0.1, -0.05) is 35.9 Å². The molecule has 3 aromatic rings. The van der Waals surface area contributed by atoms with E-state index in [-0.39, 0.29) is 28.8 Å². The molecule has 0 spiro atoms. The fourth-order valence-electron chi connectivity index (χ4n) is 2.83. The zero-order valence-corrected chi connectivity index (χ0v) is 17.9. The molecule has 0 unspecified atom stereocenters. The van der Waals surface area contributed by atoms with Crippen LogP contribution in [0.5, 0.6) is 0 Å². The summed E-state index contributed by atoms with van der Waals surface area (Å²) in [5.41, 5.74) is 2.65. The van der Waals surface area contributed by atoms with E-state index in [1.54, 1.807) is 31.2 Å².